The van der Waals surface area contributed by atoms with Crippen LogP contribution in [0.5, 0.6) is 0 Å². The molecule has 28 heavy (non-hydrogen) atoms. The average molecular weight is 356 g/mol. The van der Waals surface area contributed by atoms with E-state index in [2.05, 4.69) is 84.9 Å². The highest BCUT2D eigenvalue weighted by atomic mass is 16.3. The first-order valence-corrected chi connectivity index (χ1v) is 9.76. The normalized spacial score (nSPS) is 12.9. The molecule has 0 saturated carbocycles. The van der Waals surface area contributed by atoms with E-state index in [-0.39, 0.29) is 0 Å². The van der Waals surface area contributed by atoms with E-state index in [1.165, 1.54) is 54.6 Å². The van der Waals surface area contributed by atoms with Gasteiger partial charge in [-0.15, -0.1) is 0 Å². The van der Waals surface area contributed by atoms with Gasteiger partial charge in [0.05, 0.1) is 0 Å². The number of rotatable bonds is 0. The SMILES string of the molecule is c1ccc2c3c(ccc2c1)-c1c(c2c4ccccc4oc2c2ccccc12)C3. The summed E-state index contributed by atoms with van der Waals surface area (Å²) in [5.41, 5.74) is 7.60. The van der Waals surface area contributed by atoms with Gasteiger partial charge in [0.2, 0.25) is 0 Å². The minimum Gasteiger partial charge on any atom is -0.455 e. The van der Waals surface area contributed by atoms with Crippen LogP contribution >= 0.6 is 0 Å². The molecule has 0 bridgehead atoms. The highest BCUT2D eigenvalue weighted by Gasteiger charge is 2.27. The van der Waals surface area contributed by atoms with Crippen LogP contribution in [-0.2, 0) is 6.42 Å². The molecule has 0 spiro atoms. The van der Waals surface area contributed by atoms with Gasteiger partial charge in [0.15, 0.2) is 0 Å². The lowest BCUT2D eigenvalue weighted by Gasteiger charge is -2.09. The van der Waals surface area contributed by atoms with E-state index in [4.69, 9.17) is 4.42 Å². The molecule has 6 aromatic rings. The summed E-state index contributed by atoms with van der Waals surface area (Å²) in [6.45, 7) is 0. The lowest BCUT2D eigenvalue weighted by molar-refractivity contribution is 0.672. The van der Waals surface area contributed by atoms with Gasteiger partial charge < -0.3 is 4.42 Å². The van der Waals surface area contributed by atoms with Crippen molar-refractivity contribution < 1.29 is 4.42 Å². The minimum absolute atomic E-state index is 0.955. The first kappa shape index (κ1) is 14.5. The number of furan rings is 1. The summed E-state index contributed by atoms with van der Waals surface area (Å²) >= 11 is 0. The van der Waals surface area contributed by atoms with Gasteiger partial charge in [0.1, 0.15) is 11.2 Å². The Kier molecular flexibility index (Phi) is 2.60. The van der Waals surface area contributed by atoms with Crippen molar-refractivity contribution in [2.45, 2.75) is 6.42 Å². The van der Waals surface area contributed by atoms with E-state index >= 15 is 0 Å². The third kappa shape index (κ3) is 1.67. The Labute approximate surface area is 161 Å². The molecule has 0 N–H and O–H groups in total. The molecule has 1 aromatic heterocycles. The summed E-state index contributed by atoms with van der Waals surface area (Å²) in [5, 5.41) is 7.67. The van der Waals surface area contributed by atoms with Crippen LogP contribution in [0.4, 0.5) is 0 Å². The third-order valence-corrected chi connectivity index (χ3v) is 6.30. The molecular weight excluding hydrogens is 340 g/mol. The van der Waals surface area contributed by atoms with Crippen LogP contribution in [0.1, 0.15) is 11.1 Å². The van der Waals surface area contributed by atoms with Crippen LogP contribution in [0.3, 0.4) is 0 Å². The zero-order valence-corrected chi connectivity index (χ0v) is 15.2. The maximum atomic E-state index is 6.38. The molecule has 130 valence electrons. The quantitative estimate of drug-likeness (QED) is 0.275. The first-order valence-electron chi connectivity index (χ1n) is 9.76. The molecule has 0 atom stereocenters. The molecule has 1 aliphatic rings. The Hall–Kier alpha value is -3.58. The van der Waals surface area contributed by atoms with Gasteiger partial charge in [-0.3, -0.25) is 0 Å². The van der Waals surface area contributed by atoms with Crippen LogP contribution < -0.4 is 0 Å². The van der Waals surface area contributed by atoms with Crippen molar-refractivity contribution in [3.8, 4) is 11.1 Å². The van der Waals surface area contributed by atoms with E-state index in [1.807, 2.05) is 0 Å². The molecule has 0 unspecified atom stereocenters. The monoisotopic (exact) mass is 356 g/mol. The average Bonchev–Trinajstić information content (AvgIpc) is 3.33. The van der Waals surface area contributed by atoms with Crippen molar-refractivity contribution in [1.82, 2.24) is 0 Å². The Morgan fingerprint density at radius 3 is 2.18 bits per heavy atom. The fourth-order valence-corrected chi connectivity index (χ4v) is 5.14. The first-order chi connectivity index (χ1) is 13.9. The summed E-state index contributed by atoms with van der Waals surface area (Å²) < 4.78 is 6.38. The molecule has 0 saturated heterocycles. The van der Waals surface area contributed by atoms with Gasteiger partial charge in [0.25, 0.3) is 0 Å². The molecule has 1 aliphatic carbocycles. The molecule has 5 aromatic carbocycles. The van der Waals surface area contributed by atoms with E-state index in [9.17, 15) is 0 Å². The molecule has 0 aliphatic heterocycles. The fourth-order valence-electron chi connectivity index (χ4n) is 5.14. The Morgan fingerprint density at radius 2 is 1.29 bits per heavy atom. The number of hydrogen-bond donors (Lipinski definition) is 0. The van der Waals surface area contributed by atoms with Crippen LogP contribution in [0, 0.1) is 0 Å². The van der Waals surface area contributed by atoms with Crippen LogP contribution in [0.15, 0.2) is 89.3 Å². The lowest BCUT2D eigenvalue weighted by Crippen LogP contribution is -1.86. The van der Waals surface area contributed by atoms with Crippen molar-refractivity contribution in [2.24, 2.45) is 0 Å². The van der Waals surface area contributed by atoms with Gasteiger partial charge in [-0.2, -0.15) is 0 Å². The summed E-state index contributed by atoms with van der Waals surface area (Å²) in [5.74, 6) is 0. The zero-order chi connectivity index (χ0) is 18.2. The van der Waals surface area contributed by atoms with Gasteiger partial charge in [0, 0.05) is 22.6 Å². The smallest absolute Gasteiger partial charge is 0.143 e. The highest BCUT2D eigenvalue weighted by molar-refractivity contribution is 6.23. The summed E-state index contributed by atoms with van der Waals surface area (Å²) in [6, 6.07) is 30.4. The molecular formula is C27H16O. The number of fused-ring (bicyclic) bond motifs is 12. The number of hydrogen-bond acceptors (Lipinski definition) is 1. The minimum atomic E-state index is 0.955. The summed E-state index contributed by atoms with van der Waals surface area (Å²) in [4.78, 5) is 0. The van der Waals surface area contributed by atoms with Crippen LogP contribution in [0.2, 0.25) is 0 Å². The second kappa shape index (κ2) is 5.02. The zero-order valence-electron chi connectivity index (χ0n) is 15.2. The molecule has 0 radical (unpaired) electrons. The molecule has 0 amide bonds. The van der Waals surface area contributed by atoms with Crippen LogP contribution in [-0.4, -0.2) is 0 Å². The van der Waals surface area contributed by atoms with Gasteiger partial charge >= 0.3 is 0 Å². The summed E-state index contributed by atoms with van der Waals surface area (Å²) in [7, 11) is 0. The van der Waals surface area contributed by atoms with Crippen LogP contribution in [0.25, 0.3) is 54.6 Å². The van der Waals surface area contributed by atoms with Crippen molar-refractivity contribution in [1.29, 1.82) is 0 Å². The standard InChI is InChI=1S/C27H16O/c1-2-8-17-16(7-1)13-14-19-22(17)15-23-25(19)18-9-3-4-10-20(18)27-26(23)21-11-5-6-12-24(21)28-27/h1-14H,15H2. The second-order valence-corrected chi connectivity index (χ2v) is 7.69. The molecule has 1 heteroatoms. The maximum absolute atomic E-state index is 6.38. The van der Waals surface area contributed by atoms with Crippen molar-refractivity contribution in [2.75, 3.05) is 0 Å². The Balaban J connectivity index is 1.74. The molecule has 7 rings (SSSR count). The lowest BCUT2D eigenvalue weighted by atomic mass is 9.93. The van der Waals surface area contributed by atoms with Gasteiger partial charge in [-0.25, -0.2) is 0 Å². The van der Waals surface area contributed by atoms with E-state index in [1.54, 1.807) is 0 Å². The van der Waals surface area contributed by atoms with Gasteiger partial charge in [-0.1, -0.05) is 78.9 Å². The van der Waals surface area contributed by atoms with Crippen molar-refractivity contribution in [3.63, 3.8) is 0 Å². The van der Waals surface area contributed by atoms with Crippen molar-refractivity contribution in [3.05, 3.63) is 96.1 Å². The predicted octanol–water partition coefficient (Wildman–Crippen LogP) is 7.46. The summed E-state index contributed by atoms with van der Waals surface area (Å²) in [6.07, 6.45) is 0.955. The van der Waals surface area contributed by atoms with E-state index in [0.29, 0.717) is 0 Å². The molecule has 1 nitrogen and oxygen atoms in total. The highest BCUT2D eigenvalue weighted by Crippen LogP contribution is 2.50. The number of para-hydroxylation sites is 1. The largest absolute Gasteiger partial charge is 0.455 e. The molecule has 1 heterocycles. The van der Waals surface area contributed by atoms with Gasteiger partial charge in [-0.05, 0) is 44.5 Å². The number of benzene rings is 5. The molecule has 0 fully saturated rings. The topological polar surface area (TPSA) is 13.1 Å². The van der Waals surface area contributed by atoms with Crippen molar-refractivity contribution >= 4 is 43.5 Å². The predicted molar refractivity (Wildman–Crippen MR) is 117 cm³/mol. The Bertz CT molecular complexity index is 1580. The van der Waals surface area contributed by atoms with E-state index < -0.39 is 0 Å². The fraction of sp³-hybridized carbons (Fsp3) is 0.0370. The third-order valence-electron chi connectivity index (χ3n) is 6.30. The Morgan fingerprint density at radius 1 is 0.571 bits per heavy atom. The van der Waals surface area contributed by atoms with E-state index in [0.717, 1.165) is 17.6 Å². The maximum Gasteiger partial charge on any atom is 0.143 e. The second-order valence-electron chi connectivity index (χ2n) is 7.69.